The molecular formula is C10H20BrF2NO. The molecule has 0 spiro atoms. The number of aliphatic hydroxyl groups excluding tert-OH is 1. The summed E-state index contributed by atoms with van der Waals surface area (Å²) >= 11 is 3.39. The van der Waals surface area contributed by atoms with E-state index in [0.29, 0.717) is 19.0 Å². The van der Waals surface area contributed by atoms with Crippen molar-refractivity contribution < 1.29 is 13.9 Å². The fourth-order valence-electron chi connectivity index (χ4n) is 1.58. The van der Waals surface area contributed by atoms with Crippen molar-refractivity contribution in [2.75, 3.05) is 31.6 Å². The van der Waals surface area contributed by atoms with Crippen LogP contribution in [0.25, 0.3) is 0 Å². The Labute approximate surface area is 98.8 Å². The van der Waals surface area contributed by atoms with Gasteiger partial charge < -0.3 is 5.11 Å². The van der Waals surface area contributed by atoms with Gasteiger partial charge in [-0.25, -0.2) is 8.78 Å². The highest BCUT2D eigenvalue weighted by Crippen LogP contribution is 2.12. The molecule has 0 rings (SSSR count). The van der Waals surface area contributed by atoms with E-state index in [9.17, 15) is 8.78 Å². The third kappa shape index (κ3) is 8.11. The van der Waals surface area contributed by atoms with Crippen LogP contribution in [0.3, 0.4) is 0 Å². The molecule has 0 aromatic rings. The molecule has 15 heavy (non-hydrogen) atoms. The lowest BCUT2D eigenvalue weighted by Gasteiger charge is -2.25. The Morgan fingerprint density at radius 3 is 2.40 bits per heavy atom. The van der Waals surface area contributed by atoms with Crippen LogP contribution >= 0.6 is 15.9 Å². The second kappa shape index (κ2) is 9.48. The van der Waals surface area contributed by atoms with E-state index < -0.39 is 6.43 Å². The van der Waals surface area contributed by atoms with E-state index in [1.54, 1.807) is 4.90 Å². The van der Waals surface area contributed by atoms with Crippen LogP contribution in [-0.2, 0) is 0 Å². The number of hydrogen-bond donors (Lipinski definition) is 1. The van der Waals surface area contributed by atoms with Crippen molar-refractivity contribution in [3.05, 3.63) is 0 Å². The molecule has 0 aromatic heterocycles. The highest BCUT2D eigenvalue weighted by Gasteiger charge is 2.16. The molecule has 0 saturated heterocycles. The predicted molar refractivity (Wildman–Crippen MR) is 61.7 cm³/mol. The Balaban J connectivity index is 3.99. The number of rotatable bonds is 9. The van der Waals surface area contributed by atoms with Gasteiger partial charge in [0.05, 0.1) is 13.2 Å². The van der Waals surface area contributed by atoms with Gasteiger partial charge in [-0.15, -0.1) is 0 Å². The third-order valence-electron chi connectivity index (χ3n) is 2.24. The van der Waals surface area contributed by atoms with Crippen molar-refractivity contribution in [1.29, 1.82) is 0 Å². The maximum atomic E-state index is 12.2. The topological polar surface area (TPSA) is 23.5 Å². The molecular weight excluding hydrogens is 268 g/mol. The molecule has 0 aliphatic carbocycles. The van der Waals surface area contributed by atoms with Crippen molar-refractivity contribution in [1.82, 2.24) is 4.90 Å². The van der Waals surface area contributed by atoms with Crippen LogP contribution in [0, 0.1) is 5.92 Å². The summed E-state index contributed by atoms with van der Waals surface area (Å²) in [5, 5.41) is 9.59. The quantitative estimate of drug-likeness (QED) is 0.658. The van der Waals surface area contributed by atoms with Crippen molar-refractivity contribution in [3.8, 4) is 0 Å². The molecule has 2 nitrogen and oxygen atoms in total. The molecule has 0 fully saturated rings. The molecule has 1 unspecified atom stereocenters. The van der Waals surface area contributed by atoms with Gasteiger partial charge in [-0.2, -0.15) is 0 Å². The standard InChI is InChI=1S/C10H20BrF2NO/c1-2-3-9(6-11)7-14(4-5-15)8-10(12)13/h9-10,15H,2-8H2,1H3. The van der Waals surface area contributed by atoms with E-state index in [1.165, 1.54) is 0 Å². The van der Waals surface area contributed by atoms with Gasteiger partial charge in [0.1, 0.15) is 0 Å². The Morgan fingerprint density at radius 2 is 2.00 bits per heavy atom. The van der Waals surface area contributed by atoms with Crippen molar-refractivity contribution >= 4 is 15.9 Å². The van der Waals surface area contributed by atoms with E-state index in [2.05, 4.69) is 22.9 Å². The van der Waals surface area contributed by atoms with Gasteiger partial charge in [0.2, 0.25) is 0 Å². The summed E-state index contributed by atoms with van der Waals surface area (Å²) in [4.78, 5) is 1.63. The summed E-state index contributed by atoms with van der Waals surface area (Å²) in [6, 6.07) is 0. The highest BCUT2D eigenvalue weighted by molar-refractivity contribution is 9.09. The minimum Gasteiger partial charge on any atom is -0.395 e. The molecule has 0 aliphatic heterocycles. The number of aliphatic hydroxyl groups is 1. The number of hydrogen-bond acceptors (Lipinski definition) is 2. The van der Waals surface area contributed by atoms with Crippen molar-refractivity contribution in [2.24, 2.45) is 5.92 Å². The van der Waals surface area contributed by atoms with Crippen LogP contribution in [-0.4, -0.2) is 48.0 Å². The first-order chi connectivity index (χ1) is 7.13. The number of alkyl halides is 3. The fourth-order valence-corrected chi connectivity index (χ4v) is 2.11. The third-order valence-corrected chi connectivity index (χ3v) is 3.16. The normalized spacial score (nSPS) is 13.8. The van der Waals surface area contributed by atoms with Crippen molar-refractivity contribution in [2.45, 2.75) is 26.2 Å². The first-order valence-electron chi connectivity index (χ1n) is 5.31. The molecule has 92 valence electrons. The summed E-state index contributed by atoms with van der Waals surface area (Å²) in [7, 11) is 0. The SMILES string of the molecule is CCCC(CBr)CN(CCO)CC(F)F. The van der Waals surface area contributed by atoms with Crippen LogP contribution in [0.2, 0.25) is 0 Å². The molecule has 5 heteroatoms. The van der Waals surface area contributed by atoms with Crippen LogP contribution in [0.15, 0.2) is 0 Å². The van der Waals surface area contributed by atoms with Gasteiger partial charge in [0.15, 0.2) is 0 Å². The highest BCUT2D eigenvalue weighted by atomic mass is 79.9. The van der Waals surface area contributed by atoms with Crippen LogP contribution < -0.4 is 0 Å². The zero-order chi connectivity index (χ0) is 11.7. The van der Waals surface area contributed by atoms with Crippen LogP contribution in [0.1, 0.15) is 19.8 Å². The minimum absolute atomic E-state index is 0.0617. The Hall–Kier alpha value is 0.260. The van der Waals surface area contributed by atoms with Gasteiger partial charge in [0, 0.05) is 18.4 Å². The maximum absolute atomic E-state index is 12.2. The molecule has 0 radical (unpaired) electrons. The first-order valence-corrected chi connectivity index (χ1v) is 6.43. The smallest absolute Gasteiger partial charge is 0.251 e. The maximum Gasteiger partial charge on any atom is 0.251 e. The fraction of sp³-hybridized carbons (Fsp3) is 1.00. The zero-order valence-electron chi connectivity index (χ0n) is 9.13. The Morgan fingerprint density at radius 1 is 1.33 bits per heavy atom. The van der Waals surface area contributed by atoms with E-state index in [-0.39, 0.29) is 13.2 Å². The lowest BCUT2D eigenvalue weighted by molar-refractivity contribution is 0.0709. The number of nitrogens with zero attached hydrogens (tertiary/aromatic N) is 1. The number of halogens is 3. The molecule has 0 saturated carbocycles. The molecule has 0 aromatic carbocycles. The van der Waals surface area contributed by atoms with E-state index in [0.717, 1.165) is 18.2 Å². The Bertz CT molecular complexity index is 149. The zero-order valence-corrected chi connectivity index (χ0v) is 10.7. The van der Waals surface area contributed by atoms with Gasteiger partial charge in [-0.3, -0.25) is 4.90 Å². The first kappa shape index (κ1) is 15.3. The summed E-state index contributed by atoms with van der Waals surface area (Å²) in [5.74, 6) is 0.389. The van der Waals surface area contributed by atoms with Gasteiger partial charge in [-0.05, 0) is 12.3 Å². The average Bonchev–Trinajstić information content (AvgIpc) is 2.16. The van der Waals surface area contributed by atoms with E-state index in [1.807, 2.05) is 0 Å². The molecule has 0 amide bonds. The van der Waals surface area contributed by atoms with E-state index in [4.69, 9.17) is 5.11 Å². The monoisotopic (exact) mass is 287 g/mol. The van der Waals surface area contributed by atoms with Crippen molar-refractivity contribution in [3.63, 3.8) is 0 Å². The molecule has 0 heterocycles. The summed E-state index contributed by atoms with van der Waals surface area (Å²) in [5.41, 5.74) is 0. The average molecular weight is 288 g/mol. The molecule has 1 atom stereocenters. The van der Waals surface area contributed by atoms with Gasteiger partial charge >= 0.3 is 0 Å². The van der Waals surface area contributed by atoms with E-state index >= 15 is 0 Å². The lowest BCUT2D eigenvalue weighted by Crippen LogP contribution is -2.36. The molecule has 1 N–H and O–H groups in total. The lowest BCUT2D eigenvalue weighted by atomic mass is 10.1. The van der Waals surface area contributed by atoms with Crippen LogP contribution in [0.4, 0.5) is 8.78 Å². The largest absolute Gasteiger partial charge is 0.395 e. The second-order valence-electron chi connectivity index (χ2n) is 3.68. The summed E-state index contributed by atoms with van der Waals surface area (Å²) < 4.78 is 24.4. The second-order valence-corrected chi connectivity index (χ2v) is 4.33. The Kier molecular flexibility index (Phi) is 9.65. The van der Waals surface area contributed by atoms with Crippen LogP contribution in [0.5, 0.6) is 0 Å². The van der Waals surface area contributed by atoms with Gasteiger partial charge in [-0.1, -0.05) is 29.3 Å². The predicted octanol–water partition coefficient (Wildman–Crippen LogP) is 2.36. The molecule has 0 aliphatic rings. The summed E-state index contributed by atoms with van der Waals surface area (Å²) in [6.07, 6.45) is -0.247. The minimum atomic E-state index is -2.32. The molecule has 0 bridgehead atoms. The summed E-state index contributed by atoms with van der Waals surface area (Å²) in [6.45, 7) is 2.74. The van der Waals surface area contributed by atoms with Gasteiger partial charge in [0.25, 0.3) is 6.43 Å².